The van der Waals surface area contributed by atoms with Crippen molar-refractivity contribution in [2.24, 2.45) is 5.73 Å². The van der Waals surface area contributed by atoms with Crippen LogP contribution < -0.4 is 11.1 Å². The van der Waals surface area contributed by atoms with Crippen LogP contribution in [0.5, 0.6) is 0 Å². The molecule has 0 aliphatic rings. The van der Waals surface area contributed by atoms with E-state index in [2.05, 4.69) is 15.5 Å². The fourth-order valence-electron chi connectivity index (χ4n) is 1.51. The molecule has 2 aromatic rings. The number of aromatic nitrogens is 2. The van der Waals surface area contributed by atoms with Crippen LogP contribution in [0.1, 0.15) is 17.0 Å². The summed E-state index contributed by atoms with van der Waals surface area (Å²) in [6.07, 6.45) is 0. The monoisotopic (exact) mass is 218 g/mol. The molecule has 0 aliphatic heterocycles. The molecule has 0 aliphatic carbocycles. The molecule has 5 heteroatoms. The highest BCUT2D eigenvalue weighted by atomic mass is 16.4. The molecule has 5 nitrogen and oxygen atoms in total. The maximum absolute atomic E-state index is 5.39. The van der Waals surface area contributed by atoms with Gasteiger partial charge in [-0.3, -0.25) is 0 Å². The number of nitrogens with zero attached hydrogens (tertiary/aromatic N) is 2. The van der Waals surface area contributed by atoms with Crippen LogP contribution in [0.2, 0.25) is 0 Å². The van der Waals surface area contributed by atoms with Crippen LogP contribution in [0, 0.1) is 13.8 Å². The summed E-state index contributed by atoms with van der Waals surface area (Å²) in [4.78, 5) is 0. The number of hydrogen-bond acceptors (Lipinski definition) is 5. The summed E-state index contributed by atoms with van der Waals surface area (Å²) in [6.45, 7) is 4.30. The summed E-state index contributed by atoms with van der Waals surface area (Å²) >= 11 is 0. The van der Waals surface area contributed by atoms with E-state index < -0.39 is 0 Å². The first-order valence-corrected chi connectivity index (χ1v) is 5.06. The number of nitrogens with two attached hydrogens (primary N) is 1. The fourth-order valence-corrected chi connectivity index (χ4v) is 1.51. The molecule has 0 amide bonds. The van der Waals surface area contributed by atoms with Crippen molar-refractivity contribution in [3.05, 3.63) is 35.2 Å². The Morgan fingerprint density at radius 3 is 2.50 bits per heavy atom. The molecule has 1 heterocycles. The summed E-state index contributed by atoms with van der Waals surface area (Å²) in [5, 5.41) is 10.7. The van der Waals surface area contributed by atoms with E-state index >= 15 is 0 Å². The van der Waals surface area contributed by atoms with Gasteiger partial charge >= 0.3 is 6.01 Å². The largest absolute Gasteiger partial charge is 0.406 e. The van der Waals surface area contributed by atoms with Crippen molar-refractivity contribution < 1.29 is 4.42 Å². The first-order valence-electron chi connectivity index (χ1n) is 5.06. The zero-order valence-electron chi connectivity index (χ0n) is 9.32. The van der Waals surface area contributed by atoms with Crippen LogP contribution in [0.3, 0.4) is 0 Å². The van der Waals surface area contributed by atoms with E-state index in [1.807, 2.05) is 32.0 Å². The van der Waals surface area contributed by atoms with E-state index in [4.69, 9.17) is 10.2 Å². The molecule has 0 atom stereocenters. The van der Waals surface area contributed by atoms with Crippen molar-refractivity contribution in [1.82, 2.24) is 10.2 Å². The number of hydrogen-bond donors (Lipinski definition) is 2. The van der Waals surface area contributed by atoms with Crippen molar-refractivity contribution in [3.63, 3.8) is 0 Å². The average Bonchev–Trinajstić information content (AvgIpc) is 2.71. The maximum atomic E-state index is 5.39. The lowest BCUT2D eigenvalue weighted by atomic mass is 10.1. The van der Waals surface area contributed by atoms with Crippen molar-refractivity contribution in [2.75, 3.05) is 5.32 Å². The zero-order chi connectivity index (χ0) is 11.5. The Labute approximate surface area is 93.7 Å². The highest BCUT2D eigenvalue weighted by molar-refractivity contribution is 5.61. The van der Waals surface area contributed by atoms with Gasteiger partial charge in [0.05, 0.1) is 6.54 Å². The average molecular weight is 218 g/mol. The van der Waals surface area contributed by atoms with Crippen LogP contribution in [0.25, 0.3) is 0 Å². The van der Waals surface area contributed by atoms with Crippen molar-refractivity contribution in [3.8, 4) is 0 Å². The summed E-state index contributed by atoms with van der Waals surface area (Å²) < 4.78 is 5.29. The molecule has 0 saturated carbocycles. The van der Waals surface area contributed by atoms with Gasteiger partial charge in [0.1, 0.15) is 0 Å². The van der Waals surface area contributed by atoms with E-state index in [1.165, 1.54) is 0 Å². The number of aryl methyl sites for hydroxylation is 2. The van der Waals surface area contributed by atoms with Crippen molar-refractivity contribution >= 4 is 11.7 Å². The Balaban J connectivity index is 2.26. The first kappa shape index (κ1) is 10.6. The highest BCUT2D eigenvalue weighted by Gasteiger charge is 2.07. The SMILES string of the molecule is Cc1cccc(C)c1Nc1nnc(CN)o1. The molecule has 1 aromatic carbocycles. The maximum Gasteiger partial charge on any atom is 0.320 e. The smallest absolute Gasteiger partial charge is 0.320 e. The van der Waals surface area contributed by atoms with Crippen LogP contribution in [-0.4, -0.2) is 10.2 Å². The molecule has 2 rings (SSSR count). The quantitative estimate of drug-likeness (QED) is 0.822. The molecule has 0 fully saturated rings. The summed E-state index contributed by atoms with van der Waals surface area (Å²) in [6, 6.07) is 6.43. The molecule has 84 valence electrons. The van der Waals surface area contributed by atoms with Gasteiger partial charge in [0.25, 0.3) is 0 Å². The predicted molar refractivity (Wildman–Crippen MR) is 61.4 cm³/mol. The van der Waals surface area contributed by atoms with Gasteiger partial charge in [-0.2, -0.15) is 0 Å². The van der Waals surface area contributed by atoms with Crippen LogP contribution in [0.4, 0.5) is 11.7 Å². The topological polar surface area (TPSA) is 77.0 Å². The van der Waals surface area contributed by atoms with Gasteiger partial charge < -0.3 is 15.5 Å². The Kier molecular flexibility index (Phi) is 2.87. The highest BCUT2D eigenvalue weighted by Crippen LogP contribution is 2.23. The number of nitrogens with one attached hydrogen (secondary N) is 1. The standard InChI is InChI=1S/C11H14N4O/c1-7-4-3-5-8(2)10(7)13-11-15-14-9(6-12)16-11/h3-5H,6,12H2,1-2H3,(H,13,15). The van der Waals surface area contributed by atoms with Gasteiger partial charge in [-0.05, 0) is 25.0 Å². The van der Waals surface area contributed by atoms with E-state index in [9.17, 15) is 0 Å². The van der Waals surface area contributed by atoms with E-state index in [1.54, 1.807) is 0 Å². The van der Waals surface area contributed by atoms with Crippen LogP contribution >= 0.6 is 0 Å². The minimum absolute atomic E-state index is 0.251. The predicted octanol–water partition coefficient (Wildman–Crippen LogP) is 1.89. The van der Waals surface area contributed by atoms with E-state index in [0.717, 1.165) is 16.8 Å². The van der Waals surface area contributed by atoms with Gasteiger partial charge in [-0.1, -0.05) is 23.3 Å². The van der Waals surface area contributed by atoms with Crippen LogP contribution in [0.15, 0.2) is 22.6 Å². The molecule has 0 bridgehead atoms. The third-order valence-corrected chi connectivity index (χ3v) is 2.35. The third kappa shape index (κ3) is 2.04. The van der Waals surface area contributed by atoms with Crippen molar-refractivity contribution in [1.29, 1.82) is 0 Å². The molecule has 0 unspecified atom stereocenters. The Hall–Kier alpha value is -1.88. The molecule has 3 N–H and O–H groups in total. The molecule has 0 spiro atoms. The fraction of sp³-hybridized carbons (Fsp3) is 0.273. The Morgan fingerprint density at radius 1 is 1.25 bits per heavy atom. The molecule has 16 heavy (non-hydrogen) atoms. The molecular weight excluding hydrogens is 204 g/mol. The summed E-state index contributed by atoms with van der Waals surface area (Å²) in [5.74, 6) is 0.425. The van der Waals surface area contributed by atoms with Gasteiger partial charge in [-0.15, -0.1) is 5.10 Å². The number of rotatable bonds is 3. The minimum Gasteiger partial charge on any atom is -0.406 e. The number of anilines is 2. The molecule has 0 radical (unpaired) electrons. The Bertz CT molecular complexity index is 472. The van der Waals surface area contributed by atoms with E-state index in [0.29, 0.717) is 11.9 Å². The molecule has 1 aromatic heterocycles. The minimum atomic E-state index is 0.251. The molecular formula is C11H14N4O. The second-order valence-electron chi connectivity index (χ2n) is 3.60. The third-order valence-electron chi connectivity index (χ3n) is 2.35. The second-order valence-corrected chi connectivity index (χ2v) is 3.60. The Morgan fingerprint density at radius 2 is 1.94 bits per heavy atom. The van der Waals surface area contributed by atoms with Gasteiger partial charge in [0.2, 0.25) is 5.89 Å². The lowest BCUT2D eigenvalue weighted by Crippen LogP contribution is -1.96. The van der Waals surface area contributed by atoms with E-state index in [-0.39, 0.29) is 6.54 Å². The number of para-hydroxylation sites is 1. The normalized spacial score (nSPS) is 10.4. The summed E-state index contributed by atoms with van der Waals surface area (Å²) in [5.41, 5.74) is 8.65. The van der Waals surface area contributed by atoms with Gasteiger partial charge in [0.15, 0.2) is 0 Å². The van der Waals surface area contributed by atoms with Gasteiger partial charge in [-0.25, -0.2) is 0 Å². The van der Waals surface area contributed by atoms with Gasteiger partial charge in [0, 0.05) is 5.69 Å². The van der Waals surface area contributed by atoms with Crippen LogP contribution in [-0.2, 0) is 6.54 Å². The van der Waals surface area contributed by atoms with Crippen molar-refractivity contribution in [2.45, 2.75) is 20.4 Å². The zero-order valence-corrected chi connectivity index (χ0v) is 9.32. The summed E-state index contributed by atoms with van der Waals surface area (Å²) in [7, 11) is 0. The lowest BCUT2D eigenvalue weighted by molar-refractivity contribution is 0.511. The number of benzene rings is 1. The molecule has 0 saturated heterocycles. The first-order chi connectivity index (χ1) is 7.70. The lowest BCUT2D eigenvalue weighted by Gasteiger charge is -2.08. The second kappa shape index (κ2) is 4.32.